The van der Waals surface area contributed by atoms with Gasteiger partial charge in [0.15, 0.2) is 11.5 Å². The highest BCUT2D eigenvalue weighted by atomic mass is 16.7. The number of phenols is 1. The van der Waals surface area contributed by atoms with E-state index in [1.165, 1.54) is 19.9 Å². The zero-order chi connectivity index (χ0) is 15.6. The van der Waals surface area contributed by atoms with E-state index in [2.05, 4.69) is 0 Å². The number of hydrogen-bond donors (Lipinski definition) is 1. The number of para-hydroxylation sites is 1. The van der Waals surface area contributed by atoms with Crippen molar-refractivity contribution >= 4 is 18.0 Å². The molecule has 0 aliphatic carbocycles. The Kier molecular flexibility index (Phi) is 3.88. The van der Waals surface area contributed by atoms with Gasteiger partial charge in [0.1, 0.15) is 5.57 Å². The molecule has 1 aliphatic heterocycles. The Morgan fingerprint density at radius 2 is 1.86 bits per heavy atom. The number of hydrogen-bond acceptors (Lipinski definition) is 6. The van der Waals surface area contributed by atoms with Crippen molar-refractivity contribution < 1.29 is 28.9 Å². The van der Waals surface area contributed by atoms with Crippen molar-refractivity contribution in [3.05, 3.63) is 29.3 Å². The van der Waals surface area contributed by atoms with E-state index in [0.29, 0.717) is 6.61 Å². The Morgan fingerprint density at radius 1 is 1.24 bits per heavy atom. The van der Waals surface area contributed by atoms with E-state index in [0.717, 1.165) is 0 Å². The van der Waals surface area contributed by atoms with E-state index in [1.54, 1.807) is 25.1 Å². The summed E-state index contributed by atoms with van der Waals surface area (Å²) in [4.78, 5) is 23.7. The molecule has 0 aromatic heterocycles. The van der Waals surface area contributed by atoms with Gasteiger partial charge in [-0.25, -0.2) is 9.59 Å². The minimum absolute atomic E-state index is 0.155. The molecule has 1 aromatic rings. The highest BCUT2D eigenvalue weighted by Gasteiger charge is 2.39. The normalized spacial score (nSPS) is 17.0. The second-order valence-corrected chi connectivity index (χ2v) is 4.86. The lowest BCUT2D eigenvalue weighted by molar-refractivity contribution is -0.222. The summed E-state index contributed by atoms with van der Waals surface area (Å²) in [7, 11) is 0. The molecule has 0 atom stereocenters. The van der Waals surface area contributed by atoms with E-state index < -0.39 is 17.7 Å². The second-order valence-electron chi connectivity index (χ2n) is 4.86. The van der Waals surface area contributed by atoms with E-state index in [4.69, 9.17) is 14.2 Å². The smallest absolute Gasteiger partial charge is 0.348 e. The Balaban J connectivity index is 2.38. The molecular weight excluding hydrogens is 276 g/mol. The van der Waals surface area contributed by atoms with Gasteiger partial charge in [0.25, 0.3) is 5.79 Å². The highest BCUT2D eigenvalue weighted by molar-refractivity contribution is 6.19. The minimum Gasteiger partial charge on any atom is -0.504 e. The molecule has 1 aromatic carbocycles. The molecule has 0 radical (unpaired) electrons. The summed E-state index contributed by atoms with van der Waals surface area (Å²) in [6.07, 6.45) is 1.22. The largest absolute Gasteiger partial charge is 0.504 e. The van der Waals surface area contributed by atoms with Crippen LogP contribution >= 0.6 is 0 Å². The fourth-order valence-electron chi connectivity index (χ4n) is 1.86. The van der Waals surface area contributed by atoms with Crippen LogP contribution in [-0.2, 0) is 19.1 Å². The van der Waals surface area contributed by atoms with Crippen molar-refractivity contribution in [3.63, 3.8) is 0 Å². The maximum Gasteiger partial charge on any atom is 0.348 e. The zero-order valence-corrected chi connectivity index (χ0v) is 12.0. The second kappa shape index (κ2) is 5.47. The summed E-state index contributed by atoms with van der Waals surface area (Å²) >= 11 is 0. The van der Waals surface area contributed by atoms with Crippen molar-refractivity contribution in [2.45, 2.75) is 26.6 Å². The van der Waals surface area contributed by atoms with Gasteiger partial charge >= 0.3 is 11.9 Å². The fraction of sp³-hybridized carbons (Fsp3) is 0.333. The molecule has 1 aliphatic rings. The monoisotopic (exact) mass is 292 g/mol. The summed E-state index contributed by atoms with van der Waals surface area (Å²) in [6.45, 7) is 5.09. The lowest BCUT2D eigenvalue weighted by Gasteiger charge is -2.29. The number of phenolic OH excluding ortho intramolecular Hbond substituents is 1. The SMILES string of the molecule is CCOc1cccc(C=C2C(=O)OC(C)(C)OC2=O)c1O. The van der Waals surface area contributed by atoms with E-state index in [-0.39, 0.29) is 22.6 Å². The van der Waals surface area contributed by atoms with Crippen LogP contribution in [0.5, 0.6) is 11.5 Å². The number of ether oxygens (including phenoxy) is 3. The molecule has 2 rings (SSSR count). The Hall–Kier alpha value is -2.50. The van der Waals surface area contributed by atoms with Gasteiger partial charge in [-0.2, -0.15) is 0 Å². The fourth-order valence-corrected chi connectivity index (χ4v) is 1.86. The van der Waals surface area contributed by atoms with E-state index >= 15 is 0 Å². The first-order valence-electron chi connectivity index (χ1n) is 6.47. The Bertz CT molecular complexity index is 593. The van der Waals surface area contributed by atoms with Crippen LogP contribution < -0.4 is 4.74 Å². The molecule has 0 spiro atoms. The third kappa shape index (κ3) is 3.16. The Labute approximate surface area is 121 Å². The summed E-state index contributed by atoms with van der Waals surface area (Å²) in [5.41, 5.74) is -0.0113. The molecule has 21 heavy (non-hydrogen) atoms. The van der Waals surface area contributed by atoms with Crippen LogP contribution in [0, 0.1) is 0 Å². The zero-order valence-electron chi connectivity index (χ0n) is 12.0. The number of rotatable bonds is 3. The molecule has 6 heteroatoms. The first-order valence-corrected chi connectivity index (χ1v) is 6.47. The summed E-state index contributed by atoms with van der Waals surface area (Å²) < 4.78 is 15.2. The molecule has 1 N–H and O–H groups in total. The number of carbonyl (C=O) groups is 2. The van der Waals surface area contributed by atoms with Crippen molar-refractivity contribution in [1.29, 1.82) is 0 Å². The van der Waals surface area contributed by atoms with Crippen LogP contribution in [0.1, 0.15) is 26.3 Å². The molecule has 0 bridgehead atoms. The van der Waals surface area contributed by atoms with Crippen LogP contribution in [-0.4, -0.2) is 29.4 Å². The van der Waals surface area contributed by atoms with Gasteiger partial charge in [-0.1, -0.05) is 12.1 Å². The van der Waals surface area contributed by atoms with Gasteiger partial charge in [-0.05, 0) is 19.1 Å². The lowest BCUT2D eigenvalue weighted by Crippen LogP contribution is -2.41. The van der Waals surface area contributed by atoms with Crippen molar-refractivity contribution in [2.24, 2.45) is 0 Å². The van der Waals surface area contributed by atoms with Gasteiger partial charge < -0.3 is 19.3 Å². The predicted octanol–water partition coefficient (Wildman–Crippen LogP) is 2.01. The molecule has 1 heterocycles. The first-order chi connectivity index (χ1) is 9.84. The third-order valence-electron chi connectivity index (χ3n) is 2.75. The summed E-state index contributed by atoms with van der Waals surface area (Å²) in [5, 5.41) is 10.1. The van der Waals surface area contributed by atoms with E-state index in [1.807, 2.05) is 0 Å². The predicted molar refractivity (Wildman–Crippen MR) is 73.5 cm³/mol. The number of cyclic esters (lactones) is 2. The van der Waals surface area contributed by atoms with Crippen LogP contribution in [0.2, 0.25) is 0 Å². The highest BCUT2D eigenvalue weighted by Crippen LogP contribution is 2.32. The average molecular weight is 292 g/mol. The summed E-state index contributed by atoms with van der Waals surface area (Å²) in [5.74, 6) is -2.77. The number of esters is 2. The molecule has 6 nitrogen and oxygen atoms in total. The maximum atomic E-state index is 11.8. The minimum atomic E-state index is -1.29. The van der Waals surface area contributed by atoms with Crippen molar-refractivity contribution in [3.8, 4) is 11.5 Å². The maximum absolute atomic E-state index is 11.8. The lowest BCUT2D eigenvalue weighted by atomic mass is 10.1. The standard InChI is InChI=1S/C15H16O6/c1-4-19-11-7-5-6-9(12(11)16)8-10-13(17)20-15(2,3)21-14(10)18/h5-8,16H,4H2,1-3H3. The van der Waals surface area contributed by atoms with Gasteiger partial charge in [-0.3, -0.25) is 0 Å². The summed E-state index contributed by atoms with van der Waals surface area (Å²) in [6, 6.07) is 4.77. The molecule has 1 saturated heterocycles. The topological polar surface area (TPSA) is 82.1 Å². The Morgan fingerprint density at radius 3 is 2.43 bits per heavy atom. The number of carbonyl (C=O) groups excluding carboxylic acids is 2. The van der Waals surface area contributed by atoms with Gasteiger partial charge in [-0.15, -0.1) is 0 Å². The molecule has 112 valence electrons. The van der Waals surface area contributed by atoms with Crippen LogP contribution in [0.15, 0.2) is 23.8 Å². The van der Waals surface area contributed by atoms with Gasteiger partial charge in [0, 0.05) is 19.4 Å². The van der Waals surface area contributed by atoms with Crippen LogP contribution in [0.4, 0.5) is 0 Å². The average Bonchev–Trinajstić information content (AvgIpc) is 2.37. The van der Waals surface area contributed by atoms with Crippen LogP contribution in [0.3, 0.4) is 0 Å². The van der Waals surface area contributed by atoms with Crippen molar-refractivity contribution in [1.82, 2.24) is 0 Å². The molecule has 1 fully saturated rings. The quantitative estimate of drug-likeness (QED) is 0.521. The van der Waals surface area contributed by atoms with Crippen LogP contribution in [0.25, 0.3) is 6.08 Å². The van der Waals surface area contributed by atoms with Crippen molar-refractivity contribution in [2.75, 3.05) is 6.61 Å². The molecule has 0 amide bonds. The molecule has 0 unspecified atom stereocenters. The molecule has 0 saturated carbocycles. The molecular formula is C15H16O6. The third-order valence-corrected chi connectivity index (χ3v) is 2.75. The van der Waals surface area contributed by atoms with Gasteiger partial charge in [0.05, 0.1) is 6.61 Å². The number of aromatic hydroxyl groups is 1. The van der Waals surface area contributed by atoms with E-state index in [9.17, 15) is 14.7 Å². The first kappa shape index (κ1) is 14.9. The number of benzene rings is 1. The van der Waals surface area contributed by atoms with Gasteiger partial charge in [0.2, 0.25) is 0 Å².